The number of oxazole rings is 1. The van der Waals surface area contributed by atoms with Crippen LogP contribution in [0.15, 0.2) is 22.6 Å². The lowest BCUT2D eigenvalue weighted by atomic mass is 10.0. The van der Waals surface area contributed by atoms with Gasteiger partial charge < -0.3 is 9.52 Å². The molecule has 2 rings (SSSR count). The molecule has 0 aliphatic heterocycles. The number of aromatic nitrogens is 1. The number of aromatic carboxylic acids is 1. The third-order valence-corrected chi connectivity index (χ3v) is 2.69. The van der Waals surface area contributed by atoms with E-state index >= 15 is 0 Å². The monoisotopic (exact) mass is 231 g/mol. The van der Waals surface area contributed by atoms with E-state index in [1.807, 2.05) is 32.0 Å². The Morgan fingerprint density at radius 1 is 1.24 bits per heavy atom. The van der Waals surface area contributed by atoms with Gasteiger partial charge in [-0.25, -0.2) is 9.78 Å². The van der Waals surface area contributed by atoms with Crippen molar-refractivity contribution in [2.45, 2.75) is 20.8 Å². The van der Waals surface area contributed by atoms with Crippen LogP contribution in [0.2, 0.25) is 0 Å². The predicted octanol–water partition coefficient (Wildman–Crippen LogP) is 2.97. The number of aryl methyl sites for hydroxylation is 3. The van der Waals surface area contributed by atoms with Gasteiger partial charge in [0.1, 0.15) is 5.76 Å². The topological polar surface area (TPSA) is 63.3 Å². The smallest absolute Gasteiger partial charge is 0.358 e. The summed E-state index contributed by atoms with van der Waals surface area (Å²) in [6.07, 6.45) is 0. The van der Waals surface area contributed by atoms with Crippen molar-refractivity contribution in [3.8, 4) is 11.5 Å². The fourth-order valence-electron chi connectivity index (χ4n) is 1.85. The number of carbonyl (C=O) groups is 1. The van der Waals surface area contributed by atoms with Crippen molar-refractivity contribution in [1.82, 2.24) is 4.98 Å². The number of hydrogen-bond donors (Lipinski definition) is 1. The second-order valence-corrected chi connectivity index (χ2v) is 4.00. The van der Waals surface area contributed by atoms with Gasteiger partial charge in [0, 0.05) is 5.56 Å². The van der Waals surface area contributed by atoms with E-state index in [1.165, 1.54) is 0 Å². The van der Waals surface area contributed by atoms with E-state index in [2.05, 4.69) is 4.98 Å². The van der Waals surface area contributed by atoms with Crippen LogP contribution in [0.5, 0.6) is 0 Å². The number of nitrogens with zero attached hydrogens (tertiary/aromatic N) is 1. The first-order valence-electron chi connectivity index (χ1n) is 5.28. The molecule has 0 aliphatic carbocycles. The molecule has 0 spiro atoms. The van der Waals surface area contributed by atoms with Gasteiger partial charge in [-0.15, -0.1) is 0 Å². The first-order chi connectivity index (χ1) is 8.00. The third kappa shape index (κ3) is 1.93. The van der Waals surface area contributed by atoms with Crippen LogP contribution >= 0.6 is 0 Å². The van der Waals surface area contributed by atoms with Crippen LogP contribution in [0.3, 0.4) is 0 Å². The zero-order valence-electron chi connectivity index (χ0n) is 9.94. The summed E-state index contributed by atoms with van der Waals surface area (Å²) < 4.78 is 5.43. The Labute approximate surface area is 98.9 Å². The molecule has 0 saturated heterocycles. The van der Waals surface area contributed by atoms with Crippen molar-refractivity contribution < 1.29 is 14.3 Å². The summed E-state index contributed by atoms with van der Waals surface area (Å²) in [5.74, 6) is -0.366. The van der Waals surface area contributed by atoms with Crippen molar-refractivity contribution >= 4 is 5.97 Å². The van der Waals surface area contributed by atoms with Crippen molar-refractivity contribution in [1.29, 1.82) is 0 Å². The molecule has 1 N–H and O–H groups in total. The van der Waals surface area contributed by atoms with Crippen LogP contribution in [0, 0.1) is 20.8 Å². The molecule has 88 valence electrons. The van der Waals surface area contributed by atoms with Gasteiger partial charge in [-0.05, 0) is 31.9 Å². The predicted molar refractivity (Wildman–Crippen MR) is 63.1 cm³/mol. The Morgan fingerprint density at radius 3 is 2.29 bits per heavy atom. The maximum atomic E-state index is 10.9. The highest BCUT2D eigenvalue weighted by molar-refractivity contribution is 5.87. The molecule has 2 aromatic rings. The first kappa shape index (κ1) is 11.4. The van der Waals surface area contributed by atoms with E-state index in [-0.39, 0.29) is 5.69 Å². The first-order valence-corrected chi connectivity index (χ1v) is 5.28. The number of rotatable bonds is 2. The normalized spacial score (nSPS) is 10.5. The quantitative estimate of drug-likeness (QED) is 0.863. The fraction of sp³-hybridized carbons (Fsp3) is 0.231. The van der Waals surface area contributed by atoms with E-state index < -0.39 is 5.97 Å². The van der Waals surface area contributed by atoms with Gasteiger partial charge in [0.15, 0.2) is 5.69 Å². The zero-order valence-corrected chi connectivity index (χ0v) is 9.94. The Balaban J connectivity index is 2.62. The summed E-state index contributed by atoms with van der Waals surface area (Å²) in [5, 5.41) is 8.94. The lowest BCUT2D eigenvalue weighted by molar-refractivity contribution is 0.0689. The Kier molecular flexibility index (Phi) is 2.71. The number of hydrogen-bond acceptors (Lipinski definition) is 3. The van der Waals surface area contributed by atoms with Gasteiger partial charge in [-0.1, -0.05) is 18.2 Å². The fourth-order valence-corrected chi connectivity index (χ4v) is 1.85. The summed E-state index contributed by atoms with van der Waals surface area (Å²) in [7, 11) is 0. The molecule has 0 radical (unpaired) electrons. The second kappa shape index (κ2) is 4.05. The maximum absolute atomic E-state index is 10.9. The summed E-state index contributed by atoms with van der Waals surface area (Å²) >= 11 is 0. The highest BCUT2D eigenvalue weighted by Crippen LogP contribution is 2.27. The summed E-state index contributed by atoms with van der Waals surface area (Å²) in [6.45, 7) is 5.50. The van der Waals surface area contributed by atoms with Crippen LogP contribution in [0.4, 0.5) is 0 Å². The molecule has 0 bridgehead atoms. The maximum Gasteiger partial charge on any atom is 0.358 e. The van der Waals surface area contributed by atoms with Gasteiger partial charge in [-0.3, -0.25) is 0 Å². The molecule has 1 aromatic heterocycles. The molecule has 0 atom stereocenters. The lowest BCUT2D eigenvalue weighted by Gasteiger charge is -2.04. The number of carboxylic acid groups (broad SMARTS) is 1. The molecule has 0 fully saturated rings. The molecule has 4 nitrogen and oxygen atoms in total. The molecular weight excluding hydrogens is 218 g/mol. The minimum atomic E-state index is -1.07. The molecule has 1 heterocycles. The molecular formula is C13H13NO3. The van der Waals surface area contributed by atoms with Crippen LogP contribution in [0.25, 0.3) is 11.5 Å². The largest absolute Gasteiger partial charge is 0.476 e. The van der Waals surface area contributed by atoms with E-state index in [9.17, 15) is 4.79 Å². The van der Waals surface area contributed by atoms with Crippen LogP contribution < -0.4 is 0 Å². The Bertz CT molecular complexity index is 564. The second-order valence-electron chi connectivity index (χ2n) is 4.00. The molecule has 0 saturated carbocycles. The van der Waals surface area contributed by atoms with Crippen LogP contribution in [0.1, 0.15) is 27.4 Å². The van der Waals surface area contributed by atoms with E-state index in [0.29, 0.717) is 11.7 Å². The molecule has 0 aliphatic rings. The highest BCUT2D eigenvalue weighted by atomic mass is 16.4. The van der Waals surface area contributed by atoms with Gasteiger partial charge in [0.25, 0.3) is 0 Å². The molecule has 0 unspecified atom stereocenters. The van der Waals surface area contributed by atoms with Crippen LogP contribution in [-0.4, -0.2) is 16.1 Å². The summed E-state index contributed by atoms with van der Waals surface area (Å²) in [4.78, 5) is 14.9. The molecule has 4 heteroatoms. The Hall–Kier alpha value is -2.10. The molecule has 17 heavy (non-hydrogen) atoms. The Morgan fingerprint density at radius 2 is 1.82 bits per heavy atom. The summed E-state index contributed by atoms with van der Waals surface area (Å²) in [6, 6.07) is 5.84. The number of benzene rings is 1. The van der Waals surface area contributed by atoms with E-state index in [4.69, 9.17) is 9.52 Å². The van der Waals surface area contributed by atoms with Crippen LogP contribution in [-0.2, 0) is 0 Å². The minimum absolute atomic E-state index is 0.0253. The molecule has 1 aromatic carbocycles. The van der Waals surface area contributed by atoms with Crippen molar-refractivity contribution in [3.05, 3.63) is 40.8 Å². The average molecular weight is 231 g/mol. The lowest BCUT2D eigenvalue weighted by Crippen LogP contribution is -1.98. The van der Waals surface area contributed by atoms with E-state index in [0.717, 1.165) is 16.7 Å². The third-order valence-electron chi connectivity index (χ3n) is 2.69. The zero-order chi connectivity index (χ0) is 12.6. The minimum Gasteiger partial charge on any atom is -0.476 e. The SMILES string of the molecule is Cc1cccc(C)c1-c1nc(C(=O)O)c(C)o1. The van der Waals surface area contributed by atoms with Crippen molar-refractivity contribution in [2.24, 2.45) is 0 Å². The van der Waals surface area contributed by atoms with Crippen molar-refractivity contribution in [3.63, 3.8) is 0 Å². The van der Waals surface area contributed by atoms with Gasteiger partial charge in [0.2, 0.25) is 5.89 Å². The van der Waals surface area contributed by atoms with Gasteiger partial charge in [-0.2, -0.15) is 0 Å². The number of carboxylic acids is 1. The molecule has 0 amide bonds. The van der Waals surface area contributed by atoms with E-state index in [1.54, 1.807) is 6.92 Å². The average Bonchev–Trinajstić information content (AvgIpc) is 2.60. The standard InChI is InChI=1S/C13H13NO3/c1-7-5-4-6-8(2)10(7)12-14-11(13(15)16)9(3)17-12/h4-6H,1-3H3,(H,15,16). The highest BCUT2D eigenvalue weighted by Gasteiger charge is 2.18. The van der Waals surface area contributed by atoms with Crippen molar-refractivity contribution in [2.75, 3.05) is 0 Å². The van der Waals surface area contributed by atoms with Gasteiger partial charge >= 0.3 is 5.97 Å². The summed E-state index contributed by atoms with van der Waals surface area (Å²) in [5.41, 5.74) is 2.87. The van der Waals surface area contributed by atoms with Gasteiger partial charge in [0.05, 0.1) is 0 Å².